The number of nitrogens with zero attached hydrogens (tertiary/aromatic N) is 3. The second kappa shape index (κ2) is 8.96. The van der Waals surface area contributed by atoms with Crippen LogP contribution in [0.15, 0.2) is 28.2 Å². The second-order valence-corrected chi connectivity index (χ2v) is 8.18. The van der Waals surface area contributed by atoms with Crippen molar-refractivity contribution < 1.29 is 9.59 Å². The van der Waals surface area contributed by atoms with Gasteiger partial charge in [-0.1, -0.05) is 30.3 Å². The lowest BCUT2D eigenvalue weighted by atomic mass is 10.0. The van der Waals surface area contributed by atoms with Gasteiger partial charge in [-0.3, -0.25) is 19.0 Å². The topological polar surface area (TPSA) is 98.3 Å². The molecule has 3 rings (SSSR count). The highest BCUT2D eigenvalue weighted by Gasteiger charge is 2.30. The van der Waals surface area contributed by atoms with Crippen molar-refractivity contribution in [3.05, 3.63) is 33.6 Å². The fraction of sp³-hybridized carbons (Fsp3) is 0.474. The maximum Gasteiger partial charge on any atom is 0.262 e. The van der Waals surface area contributed by atoms with Gasteiger partial charge < -0.3 is 10.6 Å². The van der Waals surface area contributed by atoms with Gasteiger partial charge in [-0.2, -0.15) is 0 Å². The van der Waals surface area contributed by atoms with Crippen LogP contribution in [0.3, 0.4) is 0 Å². The minimum Gasteiger partial charge on any atom is -0.368 e. The normalized spacial score (nSPS) is 17.1. The van der Waals surface area contributed by atoms with Crippen molar-refractivity contribution in [3.8, 4) is 0 Å². The van der Waals surface area contributed by atoms with E-state index in [0.29, 0.717) is 40.6 Å². The van der Waals surface area contributed by atoms with Crippen molar-refractivity contribution in [2.45, 2.75) is 50.4 Å². The van der Waals surface area contributed by atoms with E-state index in [1.807, 2.05) is 6.92 Å². The predicted octanol–water partition coefficient (Wildman–Crippen LogP) is 2.42. The predicted molar refractivity (Wildman–Crippen MR) is 111 cm³/mol. The Morgan fingerprint density at radius 3 is 2.86 bits per heavy atom. The van der Waals surface area contributed by atoms with Gasteiger partial charge in [0.1, 0.15) is 6.04 Å². The van der Waals surface area contributed by atoms with Gasteiger partial charge in [0.05, 0.1) is 16.7 Å². The summed E-state index contributed by atoms with van der Waals surface area (Å²) in [5.74, 6) is -0.553. The average molecular weight is 423 g/mol. The van der Waals surface area contributed by atoms with E-state index in [4.69, 9.17) is 17.3 Å². The molecule has 0 spiro atoms. The van der Waals surface area contributed by atoms with Crippen LogP contribution in [-0.2, 0) is 16.1 Å². The van der Waals surface area contributed by atoms with E-state index in [9.17, 15) is 14.4 Å². The van der Waals surface area contributed by atoms with Gasteiger partial charge in [-0.15, -0.1) is 0 Å². The number of halogens is 1. The molecule has 0 saturated carbocycles. The zero-order chi connectivity index (χ0) is 20.3. The van der Waals surface area contributed by atoms with Crippen molar-refractivity contribution in [3.63, 3.8) is 0 Å². The van der Waals surface area contributed by atoms with Crippen LogP contribution in [0.5, 0.6) is 0 Å². The summed E-state index contributed by atoms with van der Waals surface area (Å²) in [6, 6.07) is 4.43. The van der Waals surface area contributed by atoms with E-state index in [1.54, 1.807) is 27.7 Å². The van der Waals surface area contributed by atoms with Crippen molar-refractivity contribution in [1.29, 1.82) is 0 Å². The van der Waals surface area contributed by atoms with Gasteiger partial charge in [0.15, 0.2) is 5.16 Å². The maximum atomic E-state index is 12.8. The fourth-order valence-corrected chi connectivity index (χ4v) is 4.52. The molecular weight excluding hydrogens is 400 g/mol. The van der Waals surface area contributed by atoms with Crippen molar-refractivity contribution in [2.75, 3.05) is 12.3 Å². The van der Waals surface area contributed by atoms with Crippen LogP contribution < -0.4 is 11.3 Å². The van der Waals surface area contributed by atoms with E-state index in [1.165, 1.54) is 11.8 Å². The molecule has 2 N–H and O–H groups in total. The summed E-state index contributed by atoms with van der Waals surface area (Å²) in [7, 11) is 0. The van der Waals surface area contributed by atoms with Crippen LogP contribution in [0.25, 0.3) is 10.9 Å². The Hall–Kier alpha value is -2.06. The average Bonchev–Trinajstić information content (AvgIpc) is 2.68. The molecule has 1 aromatic heterocycles. The Kier molecular flexibility index (Phi) is 6.61. The first-order chi connectivity index (χ1) is 13.4. The molecule has 1 aliphatic rings. The smallest absolute Gasteiger partial charge is 0.262 e. The number of amides is 2. The third kappa shape index (κ3) is 4.33. The molecule has 9 heteroatoms. The number of likely N-dealkylation sites (tertiary alicyclic amines) is 1. The van der Waals surface area contributed by atoms with E-state index < -0.39 is 11.9 Å². The summed E-state index contributed by atoms with van der Waals surface area (Å²) in [5.41, 5.74) is 5.81. The summed E-state index contributed by atoms with van der Waals surface area (Å²) >= 11 is 7.24. The lowest BCUT2D eigenvalue weighted by Crippen LogP contribution is -2.51. The number of benzene rings is 1. The summed E-state index contributed by atoms with van der Waals surface area (Å²) < 4.78 is 1.59. The first kappa shape index (κ1) is 20.7. The van der Waals surface area contributed by atoms with E-state index in [2.05, 4.69) is 4.98 Å². The summed E-state index contributed by atoms with van der Waals surface area (Å²) in [5, 5.41) is 1.47. The third-order valence-electron chi connectivity index (χ3n) is 4.81. The molecule has 0 unspecified atom stereocenters. The molecule has 1 atom stereocenters. The van der Waals surface area contributed by atoms with Crippen LogP contribution in [0.4, 0.5) is 0 Å². The molecule has 0 radical (unpaired) electrons. The Balaban J connectivity index is 1.86. The van der Waals surface area contributed by atoms with Gasteiger partial charge in [-0.05, 0) is 43.9 Å². The van der Waals surface area contributed by atoms with Gasteiger partial charge in [-0.25, -0.2) is 4.98 Å². The molecular formula is C19H23ClN4O3S. The molecule has 1 saturated heterocycles. The summed E-state index contributed by atoms with van der Waals surface area (Å²) in [6.45, 7) is 3.01. The maximum absolute atomic E-state index is 12.8. The number of piperidine rings is 1. The van der Waals surface area contributed by atoms with E-state index >= 15 is 0 Å². The number of primary amides is 1. The quantitative estimate of drug-likeness (QED) is 0.569. The number of carbonyl (C=O) groups is 2. The number of carbonyl (C=O) groups excluding carboxylic acids is 2. The molecule has 1 aromatic carbocycles. The van der Waals surface area contributed by atoms with Crippen LogP contribution >= 0.6 is 23.4 Å². The van der Waals surface area contributed by atoms with Crippen LogP contribution in [0.2, 0.25) is 5.02 Å². The number of rotatable bonds is 6. The highest BCUT2D eigenvalue weighted by Crippen LogP contribution is 2.23. The zero-order valence-corrected chi connectivity index (χ0v) is 17.3. The van der Waals surface area contributed by atoms with Crippen molar-refractivity contribution in [2.24, 2.45) is 5.73 Å². The Labute approximate surface area is 172 Å². The number of aromatic nitrogens is 2. The van der Waals surface area contributed by atoms with Crippen molar-refractivity contribution in [1.82, 2.24) is 14.5 Å². The molecule has 0 bridgehead atoms. The van der Waals surface area contributed by atoms with Gasteiger partial charge >= 0.3 is 0 Å². The number of hydrogen-bond acceptors (Lipinski definition) is 5. The van der Waals surface area contributed by atoms with Gasteiger partial charge in [0, 0.05) is 18.1 Å². The summed E-state index contributed by atoms with van der Waals surface area (Å²) in [4.78, 5) is 43.3. The SMILES string of the molecule is CCCn1c(SCC(=O)N2CCCC[C@@H]2C(N)=O)nc2cc(Cl)ccc2c1=O. The number of thioether (sulfide) groups is 1. The molecule has 150 valence electrons. The Bertz CT molecular complexity index is 962. The number of hydrogen-bond donors (Lipinski definition) is 1. The molecule has 1 aliphatic heterocycles. The molecule has 1 fully saturated rings. The minimum atomic E-state index is -0.553. The lowest BCUT2D eigenvalue weighted by molar-refractivity contribution is -0.138. The molecule has 2 aromatic rings. The highest BCUT2D eigenvalue weighted by atomic mass is 35.5. The standard InChI is InChI=1S/C19H23ClN4O3S/c1-2-8-24-18(27)13-7-6-12(20)10-14(13)22-19(24)28-11-16(25)23-9-4-3-5-15(23)17(21)26/h6-7,10,15H,2-5,8-9,11H2,1H3,(H2,21,26)/t15-/m1/s1. The second-order valence-electron chi connectivity index (χ2n) is 6.80. The Morgan fingerprint density at radius 2 is 2.14 bits per heavy atom. The largest absolute Gasteiger partial charge is 0.368 e. The van der Waals surface area contributed by atoms with Crippen LogP contribution in [0.1, 0.15) is 32.6 Å². The van der Waals surface area contributed by atoms with Gasteiger partial charge in [0.2, 0.25) is 11.8 Å². The zero-order valence-electron chi connectivity index (χ0n) is 15.7. The summed E-state index contributed by atoms with van der Waals surface area (Å²) in [6.07, 6.45) is 3.10. The molecule has 2 heterocycles. The lowest BCUT2D eigenvalue weighted by Gasteiger charge is -2.33. The molecule has 0 aliphatic carbocycles. The molecule has 28 heavy (non-hydrogen) atoms. The first-order valence-electron chi connectivity index (χ1n) is 9.34. The molecule has 2 amide bonds. The third-order valence-corrected chi connectivity index (χ3v) is 6.00. The highest BCUT2D eigenvalue weighted by molar-refractivity contribution is 7.99. The fourth-order valence-electron chi connectivity index (χ4n) is 3.44. The van der Waals surface area contributed by atoms with Crippen LogP contribution in [0, 0.1) is 0 Å². The number of fused-ring (bicyclic) bond motifs is 1. The number of nitrogens with two attached hydrogens (primary N) is 1. The monoisotopic (exact) mass is 422 g/mol. The van der Waals surface area contributed by atoms with Crippen molar-refractivity contribution >= 4 is 46.1 Å². The van der Waals surface area contributed by atoms with E-state index in [-0.39, 0.29) is 17.2 Å². The Morgan fingerprint density at radius 1 is 1.36 bits per heavy atom. The minimum absolute atomic E-state index is 0.0893. The molecule has 7 nitrogen and oxygen atoms in total. The van der Waals surface area contributed by atoms with Crippen LogP contribution in [-0.4, -0.2) is 44.6 Å². The first-order valence-corrected chi connectivity index (χ1v) is 10.7. The van der Waals surface area contributed by atoms with Gasteiger partial charge in [0.25, 0.3) is 5.56 Å². The van der Waals surface area contributed by atoms with E-state index in [0.717, 1.165) is 19.3 Å².